The van der Waals surface area contributed by atoms with E-state index >= 15 is 0 Å². The predicted octanol–water partition coefficient (Wildman–Crippen LogP) is 3.63. The number of aromatic nitrogens is 3. The summed E-state index contributed by atoms with van der Waals surface area (Å²) in [6.45, 7) is 6.33. The number of unbranched alkanes of at least 4 members (excludes halogenated alkanes) is 1. The summed E-state index contributed by atoms with van der Waals surface area (Å²) in [6, 6.07) is 3.72. The Morgan fingerprint density at radius 3 is 2.69 bits per heavy atom. The Bertz CT molecular complexity index is 835. The Kier molecular flexibility index (Phi) is 5.46. The van der Waals surface area contributed by atoms with Gasteiger partial charge in [0.25, 0.3) is 0 Å². The third kappa shape index (κ3) is 3.38. The maximum Gasteiger partial charge on any atom is 0.163 e. The van der Waals surface area contributed by atoms with Gasteiger partial charge in [0.2, 0.25) is 0 Å². The number of fused-ring (bicyclic) bond motifs is 2. The molecule has 3 heterocycles. The second kappa shape index (κ2) is 7.76. The minimum absolute atomic E-state index is 0.0852. The highest BCUT2D eigenvalue weighted by Crippen LogP contribution is 2.50. The van der Waals surface area contributed by atoms with Gasteiger partial charge in [-0.25, -0.2) is 18.4 Å². The number of halogens is 2. The lowest BCUT2D eigenvalue weighted by Gasteiger charge is -2.49. The molecule has 0 radical (unpaired) electrons. The van der Waals surface area contributed by atoms with Gasteiger partial charge in [-0.1, -0.05) is 13.3 Å². The quantitative estimate of drug-likeness (QED) is 0.683. The van der Waals surface area contributed by atoms with E-state index in [1.54, 1.807) is 4.68 Å². The highest BCUT2D eigenvalue weighted by molar-refractivity contribution is 5.26. The molecule has 3 atom stereocenters. The van der Waals surface area contributed by atoms with Crippen molar-refractivity contribution in [3.63, 3.8) is 0 Å². The van der Waals surface area contributed by atoms with E-state index in [0.29, 0.717) is 12.0 Å². The predicted molar refractivity (Wildman–Crippen MR) is 106 cm³/mol. The van der Waals surface area contributed by atoms with E-state index in [0.717, 1.165) is 49.3 Å². The van der Waals surface area contributed by atoms with Crippen molar-refractivity contribution >= 4 is 0 Å². The van der Waals surface area contributed by atoms with Crippen LogP contribution in [-0.2, 0) is 12.1 Å². The second-order valence-electron chi connectivity index (χ2n) is 8.91. The molecule has 7 heteroatoms. The number of piperidine rings is 1. The number of rotatable bonds is 8. The van der Waals surface area contributed by atoms with Crippen LogP contribution in [-0.4, -0.2) is 49.5 Å². The first kappa shape index (κ1) is 20.4. The molecule has 158 valence electrons. The fourth-order valence-electron chi connectivity index (χ4n) is 6.05. The molecule has 0 saturated carbocycles. The first-order chi connectivity index (χ1) is 13.9. The monoisotopic (exact) mass is 405 g/mol. The Labute approximate surface area is 171 Å². The fraction of sp³-hybridized carbons (Fsp3) is 0.636. The molecule has 2 fully saturated rings. The summed E-state index contributed by atoms with van der Waals surface area (Å²) >= 11 is 0. The molecule has 4 rings (SSSR count). The molecule has 1 unspecified atom stereocenters. The Morgan fingerprint density at radius 1 is 1.31 bits per heavy atom. The third-order valence-electron chi connectivity index (χ3n) is 7.62. The van der Waals surface area contributed by atoms with Gasteiger partial charge in [0.15, 0.2) is 5.60 Å². The van der Waals surface area contributed by atoms with Gasteiger partial charge in [0, 0.05) is 30.4 Å². The highest BCUT2D eigenvalue weighted by Gasteiger charge is 2.61. The van der Waals surface area contributed by atoms with Crippen molar-refractivity contribution in [1.29, 1.82) is 0 Å². The number of quaternary nitrogens is 1. The van der Waals surface area contributed by atoms with E-state index in [9.17, 15) is 13.9 Å². The van der Waals surface area contributed by atoms with Crippen LogP contribution < -0.4 is 0 Å². The van der Waals surface area contributed by atoms with Crippen molar-refractivity contribution < 1.29 is 18.4 Å². The van der Waals surface area contributed by atoms with E-state index in [1.807, 2.05) is 6.92 Å². The number of aliphatic hydroxyl groups is 1. The number of benzene rings is 1. The van der Waals surface area contributed by atoms with E-state index in [-0.39, 0.29) is 18.2 Å². The molecule has 1 aromatic carbocycles. The molecule has 2 aliphatic heterocycles. The zero-order valence-electron chi connectivity index (χ0n) is 17.3. The summed E-state index contributed by atoms with van der Waals surface area (Å²) in [6.07, 6.45) is 8.70. The van der Waals surface area contributed by atoms with Gasteiger partial charge in [-0.3, -0.25) is 0 Å². The van der Waals surface area contributed by atoms with Crippen LogP contribution in [0.25, 0.3) is 0 Å². The van der Waals surface area contributed by atoms with Crippen molar-refractivity contribution in [2.75, 3.05) is 13.1 Å². The summed E-state index contributed by atoms with van der Waals surface area (Å²) in [5.41, 5.74) is -1.38. The molecule has 2 saturated heterocycles. The molecular formula is C22H31F2N4O+. The average Bonchev–Trinajstić information content (AvgIpc) is 3.41. The van der Waals surface area contributed by atoms with Gasteiger partial charge < -0.3 is 9.59 Å². The van der Waals surface area contributed by atoms with Gasteiger partial charge in [-0.05, 0) is 31.9 Å². The Morgan fingerprint density at radius 2 is 2.07 bits per heavy atom. The maximum atomic E-state index is 14.9. The number of hydrogen-bond acceptors (Lipinski definition) is 3. The van der Waals surface area contributed by atoms with Crippen LogP contribution in [0.1, 0.15) is 51.5 Å². The van der Waals surface area contributed by atoms with Crippen LogP contribution in [0.5, 0.6) is 0 Å². The molecule has 2 aliphatic rings. The smallest absolute Gasteiger partial charge is 0.163 e. The summed E-state index contributed by atoms with van der Waals surface area (Å²) in [5.74, 6) is -0.673. The molecule has 5 nitrogen and oxygen atoms in total. The molecule has 2 bridgehead atoms. The zero-order chi connectivity index (χ0) is 20.6. The van der Waals surface area contributed by atoms with E-state index in [2.05, 4.69) is 17.0 Å². The molecule has 1 N–H and O–H groups in total. The van der Waals surface area contributed by atoms with Gasteiger partial charge >= 0.3 is 0 Å². The topological polar surface area (TPSA) is 50.9 Å². The van der Waals surface area contributed by atoms with E-state index < -0.39 is 17.2 Å². The van der Waals surface area contributed by atoms with Gasteiger partial charge in [0.1, 0.15) is 30.3 Å². The number of hydrogen-bond donors (Lipinski definition) is 1. The lowest BCUT2D eigenvalue weighted by atomic mass is 9.83. The van der Waals surface area contributed by atoms with E-state index in [4.69, 9.17) is 0 Å². The standard InChI is InChI=1S/C22H31F2N4O/c1-3-4-5-21-17-8-10-28(21,11-9-17)16(2)22(29,13-27-15-25-14-26-27)19-7-6-18(23)12-20(19)24/h6-7,12,14-17,21,29H,3-5,8-11,13H2,1-2H3/q+1/t16-,17?,21?,22-,28?/m0/s1. The van der Waals surface area contributed by atoms with Gasteiger partial charge in [0.05, 0.1) is 25.7 Å². The summed E-state index contributed by atoms with van der Waals surface area (Å²) < 4.78 is 30.9. The zero-order valence-corrected chi connectivity index (χ0v) is 17.3. The first-order valence-corrected chi connectivity index (χ1v) is 10.8. The molecule has 0 amide bonds. The minimum Gasteiger partial charge on any atom is -0.377 e. The van der Waals surface area contributed by atoms with Gasteiger partial charge in [-0.15, -0.1) is 0 Å². The molecular weight excluding hydrogens is 374 g/mol. The van der Waals surface area contributed by atoms with Crippen LogP contribution in [0.15, 0.2) is 30.9 Å². The van der Waals surface area contributed by atoms with Crippen molar-refractivity contribution in [2.24, 2.45) is 5.92 Å². The number of nitrogens with zero attached hydrogens (tertiary/aromatic N) is 4. The SMILES string of the molecule is CCCCC1C2CC[N+]1([C@@H](C)[C@@](O)(Cn1cncn1)c1ccc(F)cc1F)CC2. The minimum atomic E-state index is -1.52. The fourth-order valence-corrected chi connectivity index (χ4v) is 6.05. The summed E-state index contributed by atoms with van der Waals surface area (Å²) in [4.78, 5) is 3.98. The average molecular weight is 406 g/mol. The molecule has 0 aliphatic carbocycles. The Hall–Kier alpha value is -1.86. The largest absolute Gasteiger partial charge is 0.377 e. The lowest BCUT2D eigenvalue weighted by Crippen LogP contribution is -2.64. The lowest BCUT2D eigenvalue weighted by molar-refractivity contribution is -0.960. The van der Waals surface area contributed by atoms with Crippen LogP contribution in [0.3, 0.4) is 0 Å². The summed E-state index contributed by atoms with van der Waals surface area (Å²) in [5, 5.41) is 16.2. The first-order valence-electron chi connectivity index (χ1n) is 10.8. The van der Waals surface area contributed by atoms with Crippen LogP contribution >= 0.6 is 0 Å². The molecule has 1 aromatic heterocycles. The third-order valence-corrected chi connectivity index (χ3v) is 7.62. The van der Waals surface area contributed by atoms with E-state index in [1.165, 1.54) is 31.2 Å². The molecule has 29 heavy (non-hydrogen) atoms. The van der Waals surface area contributed by atoms with Crippen molar-refractivity contribution in [3.05, 3.63) is 48.1 Å². The van der Waals surface area contributed by atoms with Crippen molar-refractivity contribution in [3.8, 4) is 0 Å². The molecule has 0 spiro atoms. The van der Waals surface area contributed by atoms with Crippen molar-refractivity contribution in [1.82, 2.24) is 14.8 Å². The van der Waals surface area contributed by atoms with Crippen LogP contribution in [0.4, 0.5) is 8.78 Å². The normalized spacial score (nSPS) is 29.1. The highest BCUT2D eigenvalue weighted by atomic mass is 19.1. The van der Waals surface area contributed by atoms with Crippen molar-refractivity contribution in [2.45, 2.75) is 70.2 Å². The van der Waals surface area contributed by atoms with Crippen LogP contribution in [0, 0.1) is 17.6 Å². The van der Waals surface area contributed by atoms with Crippen LogP contribution in [0.2, 0.25) is 0 Å². The van der Waals surface area contributed by atoms with Gasteiger partial charge in [-0.2, -0.15) is 5.10 Å². The second-order valence-corrected chi connectivity index (χ2v) is 8.91. The molecule has 2 aromatic rings. The Balaban J connectivity index is 1.76. The maximum absolute atomic E-state index is 14.9. The summed E-state index contributed by atoms with van der Waals surface area (Å²) in [7, 11) is 0.